The fraction of sp³-hybridized carbons (Fsp3) is 0.227. The average molecular weight is 302 g/mol. The highest BCUT2D eigenvalue weighted by molar-refractivity contribution is 5.69. The number of hydrogen-bond donors (Lipinski definition) is 0. The van der Waals surface area contributed by atoms with Crippen LogP contribution in [0.25, 0.3) is 22.4 Å². The summed E-state index contributed by atoms with van der Waals surface area (Å²) in [6.07, 6.45) is 0. The van der Waals surface area contributed by atoms with E-state index in [1.54, 1.807) is 0 Å². The van der Waals surface area contributed by atoms with E-state index in [0.717, 1.165) is 0 Å². The Morgan fingerprint density at radius 1 is 0.652 bits per heavy atom. The molecular formula is C22H24N+. The number of rotatable bonds is 2. The Labute approximate surface area is 139 Å². The predicted molar refractivity (Wildman–Crippen MR) is 97.2 cm³/mol. The van der Waals surface area contributed by atoms with Crippen molar-refractivity contribution in [3.8, 4) is 22.4 Å². The molecule has 1 aromatic heterocycles. The van der Waals surface area contributed by atoms with Crippen LogP contribution in [-0.2, 0) is 12.5 Å². The number of hydrogen-bond acceptors (Lipinski definition) is 0. The van der Waals surface area contributed by atoms with Crippen molar-refractivity contribution in [1.82, 2.24) is 0 Å². The first kappa shape index (κ1) is 15.5. The van der Waals surface area contributed by atoms with Crippen molar-refractivity contribution in [2.75, 3.05) is 0 Å². The zero-order chi connectivity index (χ0) is 16.4. The van der Waals surface area contributed by atoms with Crippen molar-refractivity contribution in [2.45, 2.75) is 26.2 Å². The van der Waals surface area contributed by atoms with Crippen LogP contribution in [0.4, 0.5) is 0 Å². The Morgan fingerprint density at radius 2 is 1.17 bits per heavy atom. The van der Waals surface area contributed by atoms with Crippen LogP contribution in [0.5, 0.6) is 0 Å². The normalized spacial score (nSPS) is 11.5. The van der Waals surface area contributed by atoms with Crippen molar-refractivity contribution < 1.29 is 4.57 Å². The van der Waals surface area contributed by atoms with Crippen LogP contribution in [0, 0.1) is 0 Å². The smallest absolute Gasteiger partial charge is 0.198 e. The van der Waals surface area contributed by atoms with Gasteiger partial charge in [0.25, 0.3) is 0 Å². The van der Waals surface area contributed by atoms with Gasteiger partial charge in [0.05, 0.1) is 0 Å². The molecule has 0 N–H and O–H groups in total. The lowest BCUT2D eigenvalue weighted by atomic mass is 9.88. The van der Waals surface area contributed by atoms with Gasteiger partial charge in [0.2, 0.25) is 5.69 Å². The second-order valence-corrected chi connectivity index (χ2v) is 7.06. The Balaban J connectivity index is 2.27. The Hall–Kier alpha value is -2.41. The zero-order valence-corrected chi connectivity index (χ0v) is 14.4. The molecule has 23 heavy (non-hydrogen) atoms. The molecule has 3 aromatic rings. The lowest BCUT2D eigenvalue weighted by molar-refractivity contribution is -0.671. The number of benzene rings is 2. The Morgan fingerprint density at radius 3 is 1.70 bits per heavy atom. The highest BCUT2D eigenvalue weighted by Crippen LogP contribution is 2.29. The van der Waals surface area contributed by atoms with Gasteiger partial charge in [-0.15, -0.1) is 0 Å². The van der Waals surface area contributed by atoms with Gasteiger partial charge >= 0.3 is 0 Å². The largest absolute Gasteiger partial charge is 0.213 e. The summed E-state index contributed by atoms with van der Waals surface area (Å²) in [5.41, 5.74) is 6.44. The molecule has 0 radical (unpaired) electrons. The van der Waals surface area contributed by atoms with E-state index in [2.05, 4.69) is 105 Å². The zero-order valence-electron chi connectivity index (χ0n) is 14.4. The van der Waals surface area contributed by atoms with Gasteiger partial charge in [0, 0.05) is 23.1 Å². The minimum atomic E-state index is 0.0864. The minimum Gasteiger partial charge on any atom is -0.198 e. The lowest BCUT2D eigenvalue weighted by Crippen LogP contribution is -2.41. The molecular weight excluding hydrogens is 278 g/mol. The van der Waals surface area contributed by atoms with E-state index < -0.39 is 0 Å². The van der Waals surface area contributed by atoms with Gasteiger partial charge in [-0.1, -0.05) is 69.3 Å². The molecule has 0 fully saturated rings. The first-order valence-corrected chi connectivity index (χ1v) is 8.12. The maximum atomic E-state index is 2.32. The van der Waals surface area contributed by atoms with Crippen molar-refractivity contribution in [2.24, 2.45) is 7.05 Å². The fourth-order valence-corrected chi connectivity index (χ4v) is 3.06. The van der Waals surface area contributed by atoms with Gasteiger partial charge in [0.15, 0.2) is 5.69 Å². The number of aromatic nitrogens is 1. The van der Waals surface area contributed by atoms with E-state index in [-0.39, 0.29) is 5.41 Å². The second kappa shape index (κ2) is 6.00. The number of pyridine rings is 1. The van der Waals surface area contributed by atoms with Crippen molar-refractivity contribution >= 4 is 0 Å². The highest BCUT2D eigenvalue weighted by atomic mass is 15.0. The van der Waals surface area contributed by atoms with E-state index in [1.807, 2.05) is 0 Å². The van der Waals surface area contributed by atoms with E-state index in [9.17, 15) is 0 Å². The van der Waals surface area contributed by atoms with Crippen LogP contribution in [-0.4, -0.2) is 0 Å². The van der Waals surface area contributed by atoms with Crippen LogP contribution < -0.4 is 4.57 Å². The molecule has 0 amide bonds. The molecule has 0 saturated heterocycles. The van der Waals surface area contributed by atoms with E-state index in [0.29, 0.717) is 0 Å². The third-order valence-corrected chi connectivity index (χ3v) is 4.25. The van der Waals surface area contributed by atoms with E-state index >= 15 is 0 Å². The van der Waals surface area contributed by atoms with Gasteiger partial charge < -0.3 is 0 Å². The Bertz CT molecular complexity index is 797. The van der Waals surface area contributed by atoms with Crippen LogP contribution in [0.2, 0.25) is 0 Å². The summed E-state index contributed by atoms with van der Waals surface area (Å²) in [6.45, 7) is 6.81. The standard InChI is InChI=1S/C22H24N/c1-22(2,3)21-16-19(17-11-7-5-8-12-17)15-20(23(21)4)18-13-9-6-10-14-18/h5-16H,1-4H3/q+1. The minimum absolute atomic E-state index is 0.0864. The van der Waals surface area contributed by atoms with Crippen molar-refractivity contribution in [1.29, 1.82) is 0 Å². The summed E-state index contributed by atoms with van der Waals surface area (Å²) in [6, 6.07) is 25.8. The maximum absolute atomic E-state index is 2.32. The van der Waals surface area contributed by atoms with Crippen molar-refractivity contribution in [3.05, 3.63) is 78.5 Å². The molecule has 1 heteroatoms. The Kier molecular flexibility index (Phi) is 4.04. The van der Waals surface area contributed by atoms with Gasteiger partial charge in [-0.25, -0.2) is 0 Å². The third-order valence-electron chi connectivity index (χ3n) is 4.25. The number of nitrogens with zero attached hydrogens (tertiary/aromatic N) is 1. The van der Waals surface area contributed by atoms with Gasteiger partial charge in [-0.3, -0.25) is 0 Å². The molecule has 1 heterocycles. The van der Waals surface area contributed by atoms with Crippen LogP contribution in [0.15, 0.2) is 72.8 Å². The molecule has 1 nitrogen and oxygen atoms in total. The summed E-state index contributed by atoms with van der Waals surface area (Å²) >= 11 is 0. The average Bonchev–Trinajstić information content (AvgIpc) is 2.55. The quantitative estimate of drug-likeness (QED) is 0.577. The third kappa shape index (κ3) is 3.19. The second-order valence-electron chi connectivity index (χ2n) is 7.06. The van der Waals surface area contributed by atoms with Gasteiger partial charge in [0.1, 0.15) is 7.05 Å². The van der Waals surface area contributed by atoms with E-state index in [4.69, 9.17) is 0 Å². The molecule has 116 valence electrons. The molecule has 0 unspecified atom stereocenters. The van der Waals surface area contributed by atoms with E-state index in [1.165, 1.54) is 28.1 Å². The summed E-state index contributed by atoms with van der Waals surface area (Å²) in [5.74, 6) is 0. The molecule has 0 atom stereocenters. The highest BCUT2D eigenvalue weighted by Gasteiger charge is 2.27. The summed E-state index contributed by atoms with van der Waals surface area (Å²) < 4.78 is 2.32. The van der Waals surface area contributed by atoms with Gasteiger partial charge in [-0.05, 0) is 23.3 Å². The topological polar surface area (TPSA) is 3.88 Å². The predicted octanol–water partition coefficient (Wildman–Crippen LogP) is 5.14. The molecule has 0 saturated carbocycles. The molecule has 2 aromatic carbocycles. The van der Waals surface area contributed by atoms with Crippen LogP contribution in [0.3, 0.4) is 0 Å². The summed E-state index contributed by atoms with van der Waals surface area (Å²) in [5, 5.41) is 0. The van der Waals surface area contributed by atoms with Gasteiger partial charge in [-0.2, -0.15) is 4.57 Å². The first-order valence-electron chi connectivity index (χ1n) is 8.12. The molecule has 0 aliphatic heterocycles. The molecule has 0 bridgehead atoms. The SMILES string of the molecule is C[n+]1c(-c2ccccc2)cc(-c2ccccc2)cc1C(C)(C)C. The van der Waals surface area contributed by atoms with Crippen molar-refractivity contribution in [3.63, 3.8) is 0 Å². The molecule has 3 rings (SSSR count). The molecule has 0 aliphatic rings. The molecule has 0 spiro atoms. The van der Waals surface area contributed by atoms with Crippen LogP contribution in [0.1, 0.15) is 26.5 Å². The summed E-state index contributed by atoms with van der Waals surface area (Å²) in [4.78, 5) is 0. The lowest BCUT2D eigenvalue weighted by Gasteiger charge is -2.19. The van der Waals surface area contributed by atoms with Crippen LogP contribution >= 0.6 is 0 Å². The summed E-state index contributed by atoms with van der Waals surface area (Å²) in [7, 11) is 2.16. The fourth-order valence-electron chi connectivity index (χ4n) is 3.06. The molecule has 0 aliphatic carbocycles. The first-order chi connectivity index (χ1) is 11.0. The maximum Gasteiger partial charge on any atom is 0.213 e. The monoisotopic (exact) mass is 302 g/mol.